The highest BCUT2D eigenvalue weighted by molar-refractivity contribution is 6.04. The maximum atomic E-state index is 3.50. The summed E-state index contributed by atoms with van der Waals surface area (Å²) in [6, 6.07) is 0.776. The number of unbranched alkanes of at least 4 members (excludes halogenated alkanes) is 9. The van der Waals surface area contributed by atoms with Crippen LogP contribution in [0, 0.1) is 0 Å². The summed E-state index contributed by atoms with van der Waals surface area (Å²) in [5, 5.41) is 3.50. The van der Waals surface area contributed by atoms with Gasteiger partial charge in [0.05, 0.1) is 0 Å². The molecule has 0 aliphatic carbocycles. The van der Waals surface area contributed by atoms with Crippen LogP contribution < -0.4 is 5.23 Å². The molecule has 0 bridgehead atoms. The Hall–Kier alpha value is 0.0249. The fourth-order valence-electron chi connectivity index (χ4n) is 2.60. The lowest BCUT2D eigenvalue weighted by Gasteiger charge is -2.16. The minimum Gasteiger partial charge on any atom is -0.359 e. The molecule has 0 aromatic carbocycles. The summed E-state index contributed by atoms with van der Waals surface area (Å²) in [5.41, 5.74) is 0. The second-order valence-electron chi connectivity index (χ2n) is 5.74. The van der Waals surface area contributed by atoms with E-state index in [-0.39, 0.29) is 0 Å². The first-order valence-electron chi connectivity index (χ1n) is 8.52. The highest BCUT2D eigenvalue weighted by Gasteiger charge is 2.04. The van der Waals surface area contributed by atoms with Gasteiger partial charge in [-0.25, -0.2) is 0 Å². The van der Waals surface area contributed by atoms with Gasteiger partial charge in [-0.2, -0.15) is 0 Å². The first-order chi connectivity index (χ1) is 8.85. The van der Waals surface area contributed by atoms with Crippen LogP contribution in [0.15, 0.2) is 0 Å². The van der Waals surface area contributed by atoms with Gasteiger partial charge in [0.15, 0.2) is 7.98 Å². The third-order valence-electron chi connectivity index (χ3n) is 3.97. The van der Waals surface area contributed by atoms with Gasteiger partial charge >= 0.3 is 0 Å². The van der Waals surface area contributed by atoms with Crippen molar-refractivity contribution in [3.05, 3.63) is 0 Å². The van der Waals surface area contributed by atoms with Crippen LogP contribution in [0.2, 0.25) is 0 Å². The van der Waals surface area contributed by atoms with Crippen molar-refractivity contribution in [2.75, 3.05) is 0 Å². The Morgan fingerprint density at radius 1 is 0.667 bits per heavy atom. The van der Waals surface area contributed by atoms with Crippen molar-refractivity contribution in [2.45, 2.75) is 103 Å². The van der Waals surface area contributed by atoms with Crippen LogP contribution in [-0.4, -0.2) is 14.0 Å². The van der Waals surface area contributed by atoms with Gasteiger partial charge in [-0.3, -0.25) is 0 Å². The Balaban J connectivity index is 3.29. The number of hydrogen-bond acceptors (Lipinski definition) is 1. The molecule has 0 aliphatic heterocycles. The van der Waals surface area contributed by atoms with Crippen molar-refractivity contribution in [1.82, 2.24) is 5.23 Å². The highest BCUT2D eigenvalue weighted by Crippen LogP contribution is 2.13. The maximum absolute atomic E-state index is 3.50. The smallest absolute Gasteiger partial charge is 0.182 e. The zero-order valence-electron chi connectivity index (χ0n) is 13.3. The van der Waals surface area contributed by atoms with E-state index in [4.69, 9.17) is 0 Å². The summed E-state index contributed by atoms with van der Waals surface area (Å²) in [7, 11) is 2.13. The van der Waals surface area contributed by atoms with Gasteiger partial charge < -0.3 is 5.23 Å². The molecule has 2 heteroatoms. The fourth-order valence-corrected chi connectivity index (χ4v) is 2.60. The largest absolute Gasteiger partial charge is 0.359 e. The minimum absolute atomic E-state index is 0.776. The molecule has 1 atom stereocenters. The molecule has 0 spiro atoms. The Kier molecular flexibility index (Phi) is 15.1. The van der Waals surface area contributed by atoms with Gasteiger partial charge in [0.1, 0.15) is 0 Å². The molecule has 108 valence electrons. The molecule has 0 heterocycles. The average Bonchev–Trinajstić information content (AvgIpc) is 2.40. The zero-order chi connectivity index (χ0) is 13.5. The van der Waals surface area contributed by atoms with E-state index in [0.717, 1.165) is 6.04 Å². The molecule has 0 radical (unpaired) electrons. The second-order valence-corrected chi connectivity index (χ2v) is 5.74. The molecule has 0 amide bonds. The van der Waals surface area contributed by atoms with Crippen molar-refractivity contribution < 1.29 is 0 Å². The van der Waals surface area contributed by atoms with E-state index in [1.54, 1.807) is 0 Å². The molecule has 1 unspecified atom stereocenters. The molecule has 0 aromatic rings. The van der Waals surface area contributed by atoms with Crippen LogP contribution in [0.1, 0.15) is 97.3 Å². The van der Waals surface area contributed by atoms with Crippen molar-refractivity contribution >= 4 is 7.98 Å². The topological polar surface area (TPSA) is 12.0 Å². The summed E-state index contributed by atoms with van der Waals surface area (Å²) < 4.78 is 0. The lowest BCUT2D eigenvalue weighted by molar-refractivity contribution is 0.464. The first kappa shape index (κ1) is 18.0. The van der Waals surface area contributed by atoms with Crippen molar-refractivity contribution in [1.29, 1.82) is 0 Å². The summed E-state index contributed by atoms with van der Waals surface area (Å²) >= 11 is 0. The maximum Gasteiger partial charge on any atom is 0.182 e. The third-order valence-corrected chi connectivity index (χ3v) is 3.97. The van der Waals surface area contributed by atoms with E-state index in [1.165, 1.54) is 83.5 Å². The van der Waals surface area contributed by atoms with Crippen LogP contribution in [0.25, 0.3) is 0 Å². The molecule has 0 rings (SSSR count). The van der Waals surface area contributed by atoms with E-state index in [9.17, 15) is 0 Å². The molecule has 18 heavy (non-hydrogen) atoms. The Morgan fingerprint density at radius 2 is 1.06 bits per heavy atom. The highest BCUT2D eigenvalue weighted by atomic mass is 14.8. The molecular weight excluding hydrogens is 217 g/mol. The lowest BCUT2D eigenvalue weighted by Crippen LogP contribution is -2.26. The van der Waals surface area contributed by atoms with Crippen LogP contribution in [-0.2, 0) is 0 Å². The monoisotopic (exact) mass is 253 g/mol. The van der Waals surface area contributed by atoms with Crippen LogP contribution in [0.5, 0.6) is 0 Å². The Morgan fingerprint density at radius 3 is 1.44 bits per heavy atom. The number of hydrogen-bond donors (Lipinski definition) is 1. The predicted octanol–water partition coefficient (Wildman–Crippen LogP) is 4.60. The SMILES string of the molecule is BNC(CCCCCCC)CCCCCCCC. The molecular formula is C16H36BN. The standard InChI is InChI=1S/C16H36BN/c1-3-5-7-9-11-13-15-16(18-17)14-12-10-8-6-4-2/h16,18H,3-15,17H2,1-2H3. The molecule has 0 aromatic heterocycles. The lowest BCUT2D eigenvalue weighted by atomic mass is 9.99. The molecule has 0 aliphatic rings. The summed E-state index contributed by atoms with van der Waals surface area (Å²) in [6.07, 6.45) is 18.4. The quantitative estimate of drug-likeness (QED) is 0.352. The van der Waals surface area contributed by atoms with Gasteiger partial charge in [-0.05, 0) is 18.9 Å². The summed E-state index contributed by atoms with van der Waals surface area (Å²) in [6.45, 7) is 4.57. The van der Waals surface area contributed by atoms with Crippen LogP contribution in [0.4, 0.5) is 0 Å². The molecule has 1 nitrogen and oxygen atoms in total. The zero-order valence-corrected chi connectivity index (χ0v) is 13.3. The van der Waals surface area contributed by atoms with Gasteiger partial charge in [-0.1, -0.05) is 84.5 Å². The van der Waals surface area contributed by atoms with Gasteiger partial charge in [0, 0.05) is 0 Å². The number of nitrogens with one attached hydrogen (secondary N) is 1. The van der Waals surface area contributed by atoms with Gasteiger partial charge in [0.2, 0.25) is 0 Å². The normalized spacial score (nSPS) is 12.8. The van der Waals surface area contributed by atoms with Crippen molar-refractivity contribution in [3.8, 4) is 0 Å². The molecule has 0 saturated heterocycles. The van der Waals surface area contributed by atoms with Crippen molar-refractivity contribution in [3.63, 3.8) is 0 Å². The number of rotatable bonds is 14. The van der Waals surface area contributed by atoms with E-state index < -0.39 is 0 Å². The van der Waals surface area contributed by atoms with E-state index in [2.05, 4.69) is 27.1 Å². The predicted molar refractivity (Wildman–Crippen MR) is 86.8 cm³/mol. The van der Waals surface area contributed by atoms with Crippen LogP contribution >= 0.6 is 0 Å². The molecule has 0 fully saturated rings. The van der Waals surface area contributed by atoms with Gasteiger partial charge in [-0.15, -0.1) is 0 Å². The van der Waals surface area contributed by atoms with E-state index >= 15 is 0 Å². The Labute approximate surface area is 117 Å². The Bertz CT molecular complexity index is 150. The first-order valence-corrected chi connectivity index (χ1v) is 8.52. The second kappa shape index (κ2) is 15.1. The summed E-state index contributed by atoms with van der Waals surface area (Å²) in [4.78, 5) is 0. The average molecular weight is 253 g/mol. The van der Waals surface area contributed by atoms with Gasteiger partial charge in [0.25, 0.3) is 0 Å². The van der Waals surface area contributed by atoms with E-state index in [0.29, 0.717) is 0 Å². The van der Waals surface area contributed by atoms with Crippen LogP contribution in [0.3, 0.4) is 0 Å². The molecule has 1 N–H and O–H groups in total. The van der Waals surface area contributed by atoms with Crippen molar-refractivity contribution in [2.24, 2.45) is 0 Å². The third kappa shape index (κ3) is 12.5. The molecule has 0 saturated carbocycles. The fraction of sp³-hybridized carbons (Fsp3) is 1.00. The minimum atomic E-state index is 0.776. The van der Waals surface area contributed by atoms with E-state index in [1.807, 2.05) is 0 Å². The summed E-state index contributed by atoms with van der Waals surface area (Å²) in [5.74, 6) is 0.